The number of alkyl halides is 3. The van der Waals surface area contributed by atoms with E-state index in [9.17, 15) is 21.6 Å². The number of benzene rings is 2. The van der Waals surface area contributed by atoms with Crippen molar-refractivity contribution < 1.29 is 26.3 Å². The van der Waals surface area contributed by atoms with Crippen LogP contribution < -0.4 is 4.74 Å². The number of nitrogens with zero attached hydrogens (tertiary/aromatic N) is 2. The minimum atomic E-state index is -5.69. The van der Waals surface area contributed by atoms with Crippen LogP contribution in [0, 0.1) is 22.7 Å². The maximum absolute atomic E-state index is 12.7. The van der Waals surface area contributed by atoms with E-state index in [2.05, 4.69) is 15.9 Å². The van der Waals surface area contributed by atoms with Gasteiger partial charge in [-0.2, -0.15) is 23.7 Å². The van der Waals surface area contributed by atoms with Gasteiger partial charge in [-0.1, -0.05) is 6.07 Å². The van der Waals surface area contributed by atoms with Gasteiger partial charge in [-0.25, -0.2) is 8.42 Å². The van der Waals surface area contributed by atoms with Gasteiger partial charge in [0, 0.05) is 0 Å². The number of ether oxygens (including phenoxy) is 1. The quantitative estimate of drug-likeness (QED) is 0.724. The Morgan fingerprint density at radius 3 is 2.32 bits per heavy atom. The fourth-order valence-electron chi connectivity index (χ4n) is 1.83. The van der Waals surface area contributed by atoms with Crippen LogP contribution in [0.15, 0.2) is 45.8 Å². The summed E-state index contributed by atoms with van der Waals surface area (Å²) >= 11 is 2.90. The summed E-state index contributed by atoms with van der Waals surface area (Å²) < 4.78 is 66.5. The van der Waals surface area contributed by atoms with Crippen molar-refractivity contribution in [1.29, 1.82) is 10.5 Å². The van der Waals surface area contributed by atoms with Crippen molar-refractivity contribution >= 4 is 25.8 Å². The van der Waals surface area contributed by atoms with E-state index in [0.717, 1.165) is 6.07 Å². The largest absolute Gasteiger partial charge is 0.501 e. The summed E-state index contributed by atoms with van der Waals surface area (Å²) in [6, 6.07) is 10.9. The second kappa shape index (κ2) is 6.75. The van der Waals surface area contributed by atoms with Gasteiger partial charge in [-0.05, 0) is 46.3 Å². The molecule has 0 aliphatic carbocycles. The van der Waals surface area contributed by atoms with E-state index < -0.39 is 25.8 Å². The highest BCUT2D eigenvalue weighted by Crippen LogP contribution is 2.39. The number of nitriles is 2. The third-order valence-corrected chi connectivity index (χ3v) is 5.28. The van der Waals surface area contributed by atoms with Crippen LogP contribution >= 0.6 is 15.9 Å². The second-order valence-corrected chi connectivity index (χ2v) is 7.26. The first-order valence-electron chi connectivity index (χ1n) is 6.34. The number of sulfone groups is 1. The van der Waals surface area contributed by atoms with Gasteiger partial charge in [-0.3, -0.25) is 0 Å². The maximum Gasteiger partial charge on any atom is 0.501 e. The highest BCUT2D eigenvalue weighted by atomic mass is 79.9. The molecule has 0 aliphatic rings. The molecule has 0 atom stereocenters. The lowest BCUT2D eigenvalue weighted by molar-refractivity contribution is -0.0436. The summed E-state index contributed by atoms with van der Waals surface area (Å²) in [5.41, 5.74) is -5.99. The summed E-state index contributed by atoms with van der Waals surface area (Å²) in [5.74, 6) is 0.114. The van der Waals surface area contributed by atoms with Gasteiger partial charge >= 0.3 is 5.51 Å². The van der Waals surface area contributed by atoms with Gasteiger partial charge in [0.15, 0.2) is 0 Å². The average Bonchev–Trinajstić information content (AvgIpc) is 2.55. The molecular formula is C15H6BrF3N2O3S. The number of halogens is 4. The molecule has 2 aromatic rings. The summed E-state index contributed by atoms with van der Waals surface area (Å²) in [4.78, 5) is -1.17. The molecule has 0 saturated heterocycles. The number of rotatable bonds is 3. The van der Waals surface area contributed by atoms with Gasteiger partial charge in [0.05, 0.1) is 26.6 Å². The average molecular weight is 431 g/mol. The molecule has 25 heavy (non-hydrogen) atoms. The van der Waals surface area contributed by atoms with Crippen molar-refractivity contribution in [3.63, 3.8) is 0 Å². The third-order valence-electron chi connectivity index (χ3n) is 2.97. The monoisotopic (exact) mass is 430 g/mol. The van der Waals surface area contributed by atoms with E-state index in [1.165, 1.54) is 30.3 Å². The van der Waals surface area contributed by atoms with Crippen LogP contribution in [-0.2, 0) is 9.84 Å². The van der Waals surface area contributed by atoms with E-state index in [1.54, 1.807) is 0 Å². The van der Waals surface area contributed by atoms with Gasteiger partial charge < -0.3 is 4.74 Å². The topological polar surface area (TPSA) is 90.9 Å². The third kappa shape index (κ3) is 3.60. The molecule has 0 N–H and O–H groups in total. The van der Waals surface area contributed by atoms with Crippen molar-refractivity contribution in [2.24, 2.45) is 0 Å². The summed E-state index contributed by atoms with van der Waals surface area (Å²) in [6.45, 7) is 0. The Bertz CT molecular complexity index is 1020. The predicted octanol–water partition coefficient (Wildman–Crippen LogP) is 4.28. The minimum absolute atomic E-state index is 0.0761. The first-order chi connectivity index (χ1) is 11.6. The van der Waals surface area contributed by atoms with Crippen molar-refractivity contribution in [3.05, 3.63) is 52.0 Å². The van der Waals surface area contributed by atoms with E-state index in [0.29, 0.717) is 6.07 Å². The lowest BCUT2D eigenvalue weighted by Gasteiger charge is -2.13. The first-order valence-corrected chi connectivity index (χ1v) is 8.61. The molecule has 0 fully saturated rings. The van der Waals surface area contributed by atoms with E-state index >= 15 is 0 Å². The Morgan fingerprint density at radius 1 is 1.08 bits per heavy atom. The molecule has 10 heteroatoms. The van der Waals surface area contributed by atoms with Crippen LogP contribution in [0.5, 0.6) is 11.5 Å². The maximum atomic E-state index is 12.7. The molecule has 5 nitrogen and oxygen atoms in total. The van der Waals surface area contributed by atoms with Crippen LogP contribution in [0.25, 0.3) is 0 Å². The van der Waals surface area contributed by atoms with Crippen LogP contribution in [0.2, 0.25) is 0 Å². The molecule has 128 valence electrons. The zero-order chi connectivity index (χ0) is 18.8. The summed E-state index contributed by atoms with van der Waals surface area (Å²) in [6.07, 6.45) is 0. The fourth-order valence-corrected chi connectivity index (χ4v) is 3.39. The Balaban J connectivity index is 2.55. The number of hydrogen-bond donors (Lipinski definition) is 0. The van der Waals surface area contributed by atoms with Crippen LogP contribution in [0.4, 0.5) is 13.2 Å². The molecule has 2 aromatic carbocycles. The summed E-state index contributed by atoms with van der Waals surface area (Å²) in [5, 5.41) is 17.9. The van der Waals surface area contributed by atoms with E-state index in [1.807, 2.05) is 6.07 Å². The van der Waals surface area contributed by atoms with Crippen molar-refractivity contribution in [3.8, 4) is 23.6 Å². The van der Waals surface area contributed by atoms with Gasteiger partial charge in [0.1, 0.15) is 17.6 Å². The normalized spacial score (nSPS) is 11.4. The molecule has 0 amide bonds. The van der Waals surface area contributed by atoms with Gasteiger partial charge in [0.2, 0.25) is 0 Å². The zero-order valence-electron chi connectivity index (χ0n) is 12.0. The first kappa shape index (κ1) is 18.8. The smallest absolute Gasteiger partial charge is 0.456 e. The van der Waals surface area contributed by atoms with E-state index in [4.69, 9.17) is 15.3 Å². The van der Waals surface area contributed by atoms with Gasteiger partial charge in [0.25, 0.3) is 9.84 Å². The molecule has 2 rings (SSSR count). The van der Waals surface area contributed by atoms with Crippen LogP contribution in [-0.4, -0.2) is 13.9 Å². The Labute approximate surface area is 148 Å². The molecule has 0 aromatic heterocycles. The molecule has 0 spiro atoms. The second-order valence-electron chi connectivity index (χ2n) is 4.55. The molecule has 0 unspecified atom stereocenters. The molecule has 0 saturated carbocycles. The van der Waals surface area contributed by atoms with Gasteiger partial charge in [-0.15, -0.1) is 0 Å². The molecule has 0 radical (unpaired) electrons. The molecular weight excluding hydrogens is 425 g/mol. The summed E-state index contributed by atoms with van der Waals surface area (Å²) in [7, 11) is -5.69. The Kier molecular flexibility index (Phi) is 5.07. The molecule has 0 heterocycles. The fraction of sp³-hybridized carbons (Fsp3) is 0.0667. The van der Waals surface area contributed by atoms with Crippen LogP contribution in [0.3, 0.4) is 0 Å². The highest BCUT2D eigenvalue weighted by Gasteiger charge is 2.48. The van der Waals surface area contributed by atoms with E-state index in [-0.39, 0.29) is 21.5 Å². The standard InChI is InChI=1S/C15H6BrF3N2O3S/c16-14-11(8-21)13(25(22,23)15(17,18)19)5-4-12(14)24-10-3-1-2-9(6-10)7-20/h1-6H. The SMILES string of the molecule is N#Cc1cccc(Oc2ccc(S(=O)(=O)C(F)(F)F)c(C#N)c2Br)c1. The Hall–Kier alpha value is -2.56. The lowest BCUT2D eigenvalue weighted by Crippen LogP contribution is -2.24. The van der Waals surface area contributed by atoms with Crippen molar-refractivity contribution in [1.82, 2.24) is 0 Å². The predicted molar refractivity (Wildman–Crippen MR) is 83.3 cm³/mol. The Morgan fingerprint density at radius 2 is 1.76 bits per heavy atom. The molecule has 0 bridgehead atoms. The van der Waals surface area contributed by atoms with Crippen molar-refractivity contribution in [2.45, 2.75) is 10.4 Å². The minimum Gasteiger partial charge on any atom is -0.456 e. The highest BCUT2D eigenvalue weighted by molar-refractivity contribution is 9.10. The van der Waals surface area contributed by atoms with Crippen molar-refractivity contribution in [2.75, 3.05) is 0 Å². The molecule has 0 aliphatic heterocycles. The van der Waals surface area contributed by atoms with Crippen LogP contribution in [0.1, 0.15) is 11.1 Å². The zero-order valence-corrected chi connectivity index (χ0v) is 14.4. The number of hydrogen-bond acceptors (Lipinski definition) is 5. The lowest BCUT2D eigenvalue weighted by atomic mass is 10.2.